The number of allylic oxidation sites excluding steroid dienone is 2. The van der Waals surface area contributed by atoms with Crippen molar-refractivity contribution in [1.29, 1.82) is 0 Å². The molecule has 1 nitrogen and oxygen atoms in total. The average Bonchev–Trinajstić information content (AvgIpc) is 2.75. The topological polar surface area (TPSA) is 20.2 Å². The second-order valence-electron chi connectivity index (χ2n) is 9.08. The Morgan fingerprint density at radius 2 is 1.20 bits per heavy atom. The first-order valence-electron chi connectivity index (χ1n) is 10.9. The molecule has 0 bridgehead atoms. The Morgan fingerprint density at radius 1 is 0.767 bits per heavy atom. The predicted octanol–water partition coefficient (Wildman–Crippen LogP) is 6.12. The highest BCUT2D eigenvalue weighted by atomic mass is 28.3. The summed E-state index contributed by atoms with van der Waals surface area (Å²) in [7, 11) is -2.34. The van der Waals surface area contributed by atoms with Crippen molar-refractivity contribution in [2.75, 3.05) is 0 Å². The normalized spacial score (nSPS) is 14.6. The molecule has 0 spiro atoms. The Labute approximate surface area is 183 Å². The van der Waals surface area contributed by atoms with E-state index in [1.165, 1.54) is 10.4 Å². The maximum absolute atomic E-state index is 11.2. The first kappa shape index (κ1) is 22.3. The lowest BCUT2D eigenvalue weighted by molar-refractivity contribution is 0.168. The van der Waals surface area contributed by atoms with Gasteiger partial charge in [-0.2, -0.15) is 0 Å². The van der Waals surface area contributed by atoms with Crippen molar-refractivity contribution >= 4 is 18.4 Å². The van der Waals surface area contributed by atoms with Crippen LogP contribution in [0, 0.1) is 0 Å². The number of rotatable bonds is 7. The van der Waals surface area contributed by atoms with Crippen molar-refractivity contribution in [3.8, 4) is 0 Å². The fourth-order valence-electron chi connectivity index (χ4n) is 5.10. The molecule has 0 unspecified atom stereocenters. The molecule has 0 radical (unpaired) electrons. The fraction of sp³-hybridized carbons (Fsp3) is 0.286. The van der Waals surface area contributed by atoms with Gasteiger partial charge in [0.1, 0.15) is 8.07 Å². The van der Waals surface area contributed by atoms with Gasteiger partial charge in [0.15, 0.2) is 0 Å². The van der Waals surface area contributed by atoms with Gasteiger partial charge in [-0.25, -0.2) is 0 Å². The van der Waals surface area contributed by atoms with Crippen LogP contribution in [0.4, 0.5) is 0 Å². The molecule has 0 aliphatic carbocycles. The molecule has 0 amide bonds. The summed E-state index contributed by atoms with van der Waals surface area (Å²) in [5.74, 6) is 0. The maximum Gasteiger partial charge on any atom is 0.130 e. The van der Waals surface area contributed by atoms with Gasteiger partial charge in [-0.1, -0.05) is 134 Å². The van der Waals surface area contributed by atoms with Gasteiger partial charge in [0, 0.05) is 0 Å². The van der Waals surface area contributed by atoms with Gasteiger partial charge >= 0.3 is 0 Å². The van der Waals surface area contributed by atoms with Crippen LogP contribution >= 0.6 is 0 Å². The molecule has 3 aromatic rings. The van der Waals surface area contributed by atoms with E-state index in [4.69, 9.17) is 0 Å². The maximum atomic E-state index is 11.2. The molecule has 2 heteroatoms. The summed E-state index contributed by atoms with van der Waals surface area (Å²) < 4.78 is 0. The second kappa shape index (κ2) is 9.59. The third-order valence-corrected chi connectivity index (χ3v) is 12.7. The summed E-state index contributed by atoms with van der Waals surface area (Å²) >= 11 is 0. The van der Waals surface area contributed by atoms with Crippen LogP contribution in [0.25, 0.3) is 0 Å². The van der Waals surface area contributed by atoms with E-state index >= 15 is 0 Å². The highest BCUT2D eigenvalue weighted by Crippen LogP contribution is 2.47. The summed E-state index contributed by atoms with van der Waals surface area (Å²) in [5, 5.41) is 14.1. The van der Waals surface area contributed by atoms with Gasteiger partial charge in [-0.3, -0.25) is 0 Å². The van der Waals surface area contributed by atoms with Crippen LogP contribution in [0.15, 0.2) is 103 Å². The number of hydrogen-bond acceptors (Lipinski definition) is 1. The van der Waals surface area contributed by atoms with E-state index in [-0.39, 0.29) is 10.6 Å². The van der Waals surface area contributed by atoms with E-state index in [2.05, 4.69) is 101 Å². The zero-order valence-electron chi connectivity index (χ0n) is 18.6. The zero-order valence-corrected chi connectivity index (χ0v) is 19.6. The van der Waals surface area contributed by atoms with Crippen LogP contribution in [0.3, 0.4) is 0 Å². The summed E-state index contributed by atoms with van der Waals surface area (Å²) in [5.41, 5.74) is 1.24. The highest BCUT2D eigenvalue weighted by Gasteiger charge is 2.52. The second-order valence-corrected chi connectivity index (χ2v) is 14.1. The summed E-state index contributed by atoms with van der Waals surface area (Å²) in [6, 6.07) is 32.1. The van der Waals surface area contributed by atoms with Gasteiger partial charge in [-0.05, 0) is 29.5 Å². The minimum absolute atomic E-state index is 0.0519. The van der Waals surface area contributed by atoms with Crippen molar-refractivity contribution in [2.45, 2.75) is 50.8 Å². The summed E-state index contributed by atoms with van der Waals surface area (Å²) in [6.07, 6.45) is 4.74. The SMILES string of the molecule is C/C=C\[C@@H](C[C@@H](O)c1ccccc1)[Si](c1ccccc1)(c1ccccc1)C(C)(C)C. The fourth-order valence-corrected chi connectivity index (χ4v) is 11.6. The Bertz CT molecular complexity index is 887. The lowest BCUT2D eigenvalue weighted by Gasteiger charge is -2.49. The van der Waals surface area contributed by atoms with Crippen LogP contribution in [0.1, 0.15) is 45.8 Å². The third kappa shape index (κ3) is 4.35. The van der Waals surface area contributed by atoms with Crippen LogP contribution in [0.5, 0.6) is 0 Å². The number of aliphatic hydroxyl groups is 1. The van der Waals surface area contributed by atoms with Gasteiger partial charge in [0.25, 0.3) is 0 Å². The molecule has 0 aliphatic rings. The monoisotopic (exact) mass is 414 g/mol. The van der Waals surface area contributed by atoms with Crippen molar-refractivity contribution in [1.82, 2.24) is 0 Å². The molecule has 156 valence electrons. The first-order valence-corrected chi connectivity index (χ1v) is 13.0. The van der Waals surface area contributed by atoms with E-state index in [0.29, 0.717) is 6.42 Å². The van der Waals surface area contributed by atoms with E-state index in [1.807, 2.05) is 30.3 Å². The van der Waals surface area contributed by atoms with Crippen molar-refractivity contribution in [3.63, 3.8) is 0 Å². The molecule has 0 saturated heterocycles. The molecule has 2 atom stereocenters. The Morgan fingerprint density at radius 3 is 1.60 bits per heavy atom. The van der Waals surface area contributed by atoms with Crippen molar-refractivity contribution < 1.29 is 5.11 Å². The predicted molar refractivity (Wildman–Crippen MR) is 132 cm³/mol. The largest absolute Gasteiger partial charge is 0.388 e. The molecule has 0 saturated carbocycles. The highest BCUT2D eigenvalue weighted by molar-refractivity contribution is 7.05. The van der Waals surface area contributed by atoms with Gasteiger partial charge in [0.2, 0.25) is 0 Å². The zero-order chi connectivity index (χ0) is 21.6. The molecule has 3 rings (SSSR count). The van der Waals surface area contributed by atoms with Crippen molar-refractivity contribution in [3.05, 3.63) is 109 Å². The smallest absolute Gasteiger partial charge is 0.130 e. The quantitative estimate of drug-likeness (QED) is 0.365. The molecular weight excluding hydrogens is 380 g/mol. The lowest BCUT2D eigenvalue weighted by Crippen LogP contribution is -2.67. The summed E-state index contributed by atoms with van der Waals surface area (Å²) in [6.45, 7) is 9.24. The molecule has 0 heterocycles. The summed E-state index contributed by atoms with van der Waals surface area (Å²) in [4.78, 5) is 0. The van der Waals surface area contributed by atoms with Crippen LogP contribution < -0.4 is 10.4 Å². The Kier molecular flexibility index (Phi) is 7.12. The Hall–Kier alpha value is -2.42. The average molecular weight is 415 g/mol. The first-order chi connectivity index (χ1) is 14.4. The van der Waals surface area contributed by atoms with E-state index in [1.54, 1.807) is 0 Å². The van der Waals surface area contributed by atoms with E-state index in [0.717, 1.165) is 5.56 Å². The molecule has 0 fully saturated rings. The standard InChI is InChI=1S/C28H34OSi/c1-5-15-26(22-27(29)23-16-9-6-10-17-23)30(28(2,3)4,24-18-11-7-12-19-24)25-20-13-8-14-21-25/h5-21,26-27,29H,22H2,1-4H3/b15-5-/t26-,27+/m0/s1. The van der Waals surface area contributed by atoms with Crippen LogP contribution in [-0.2, 0) is 0 Å². The molecule has 1 N–H and O–H groups in total. The van der Waals surface area contributed by atoms with E-state index in [9.17, 15) is 5.11 Å². The molecule has 30 heavy (non-hydrogen) atoms. The van der Waals surface area contributed by atoms with Gasteiger partial charge in [0.05, 0.1) is 6.10 Å². The molecule has 0 aliphatic heterocycles. The number of benzene rings is 3. The van der Waals surface area contributed by atoms with Crippen LogP contribution in [-0.4, -0.2) is 13.2 Å². The Balaban J connectivity index is 2.22. The lowest BCUT2D eigenvalue weighted by atomic mass is 10.0. The minimum atomic E-state index is -2.34. The number of hydrogen-bond donors (Lipinski definition) is 1. The van der Waals surface area contributed by atoms with E-state index < -0.39 is 14.2 Å². The van der Waals surface area contributed by atoms with Crippen molar-refractivity contribution in [2.24, 2.45) is 0 Å². The molecule has 3 aromatic carbocycles. The van der Waals surface area contributed by atoms with Gasteiger partial charge in [-0.15, -0.1) is 0 Å². The molecular formula is C28H34OSi. The molecule has 0 aromatic heterocycles. The minimum Gasteiger partial charge on any atom is -0.388 e. The van der Waals surface area contributed by atoms with Crippen LogP contribution in [0.2, 0.25) is 10.6 Å². The number of aliphatic hydroxyl groups excluding tert-OH is 1. The van der Waals surface area contributed by atoms with Gasteiger partial charge < -0.3 is 5.11 Å². The third-order valence-electron chi connectivity index (χ3n) is 6.28.